The summed E-state index contributed by atoms with van der Waals surface area (Å²) in [7, 11) is 0. The van der Waals surface area contributed by atoms with Gasteiger partial charge in [0, 0.05) is 12.0 Å². The monoisotopic (exact) mass is 436 g/mol. The van der Waals surface area contributed by atoms with Crippen molar-refractivity contribution in [1.82, 2.24) is 0 Å². The second-order valence-corrected chi connectivity index (χ2v) is 9.41. The van der Waals surface area contributed by atoms with E-state index in [2.05, 4.69) is 0 Å². The van der Waals surface area contributed by atoms with Gasteiger partial charge in [-0.3, -0.25) is 4.79 Å². The Labute approximate surface area is 184 Å². The molecule has 0 saturated carbocycles. The number of ether oxygens (including phenoxy) is 2. The number of aromatic hydroxyl groups is 3. The zero-order valence-corrected chi connectivity index (χ0v) is 18.2. The first-order valence-electron chi connectivity index (χ1n) is 10.4. The third-order valence-electron chi connectivity index (χ3n) is 6.14. The van der Waals surface area contributed by atoms with Crippen molar-refractivity contribution in [3.05, 3.63) is 51.9 Å². The Hall–Kier alpha value is -3.45. The molecule has 0 spiro atoms. The summed E-state index contributed by atoms with van der Waals surface area (Å²) in [6.07, 6.45) is 5.27. The molecular weight excluding hydrogens is 412 g/mol. The summed E-state index contributed by atoms with van der Waals surface area (Å²) in [6, 6.07) is 4.06. The maximum absolute atomic E-state index is 13.5. The molecule has 0 bridgehead atoms. The predicted octanol–water partition coefficient (Wildman–Crippen LogP) is 4.48. The van der Waals surface area contributed by atoms with Gasteiger partial charge in [-0.1, -0.05) is 6.07 Å². The molecule has 7 heteroatoms. The van der Waals surface area contributed by atoms with E-state index >= 15 is 0 Å². The number of hydrogen-bond donors (Lipinski definition) is 3. The van der Waals surface area contributed by atoms with Gasteiger partial charge in [0.25, 0.3) is 0 Å². The molecule has 7 nitrogen and oxygen atoms in total. The zero-order chi connectivity index (χ0) is 23.0. The van der Waals surface area contributed by atoms with Gasteiger partial charge in [-0.15, -0.1) is 0 Å². The molecule has 1 unspecified atom stereocenters. The fraction of sp³-hybridized carbons (Fsp3) is 0.320. The molecule has 2 aromatic carbocycles. The Balaban J connectivity index is 1.78. The van der Waals surface area contributed by atoms with Crippen LogP contribution in [0, 0.1) is 0 Å². The molecule has 1 atom stereocenters. The summed E-state index contributed by atoms with van der Waals surface area (Å²) in [5, 5.41) is 30.8. The van der Waals surface area contributed by atoms with Crippen molar-refractivity contribution >= 4 is 17.0 Å². The zero-order valence-electron chi connectivity index (χ0n) is 18.2. The second-order valence-electron chi connectivity index (χ2n) is 9.41. The Morgan fingerprint density at radius 1 is 1.06 bits per heavy atom. The van der Waals surface area contributed by atoms with Crippen LogP contribution in [-0.2, 0) is 11.2 Å². The average Bonchev–Trinajstić information content (AvgIpc) is 3.32. The lowest BCUT2D eigenvalue weighted by Crippen LogP contribution is -2.28. The highest BCUT2D eigenvalue weighted by molar-refractivity contribution is 5.97. The topological polar surface area (TPSA) is 113 Å². The fourth-order valence-electron chi connectivity index (χ4n) is 4.14. The number of hydrogen-bond acceptors (Lipinski definition) is 7. The number of fused-ring (bicyclic) bond motifs is 3. The average molecular weight is 436 g/mol. The van der Waals surface area contributed by atoms with E-state index in [0.717, 1.165) is 0 Å². The standard InChI is InChI=1S/C25H24O7/c1-24(2)8-7-13-22(32-24)14(10-18-25(3,4)31-18)20(28)19-21(29)15(11-30-23(13)19)12-5-6-16(26)17(27)9-12/h5-9,11,18,26-28H,10H2,1-4H3. The van der Waals surface area contributed by atoms with Crippen LogP contribution in [0.25, 0.3) is 28.2 Å². The van der Waals surface area contributed by atoms with Crippen LogP contribution in [0.5, 0.6) is 23.0 Å². The Morgan fingerprint density at radius 2 is 1.78 bits per heavy atom. The first-order chi connectivity index (χ1) is 15.0. The minimum atomic E-state index is -0.592. The van der Waals surface area contributed by atoms with E-state index in [4.69, 9.17) is 13.9 Å². The van der Waals surface area contributed by atoms with Gasteiger partial charge in [0.2, 0.25) is 5.43 Å². The van der Waals surface area contributed by atoms with Crippen molar-refractivity contribution in [2.45, 2.75) is 51.4 Å². The molecule has 3 aromatic rings. The quantitative estimate of drug-likeness (QED) is 0.410. The van der Waals surface area contributed by atoms with Gasteiger partial charge in [0.15, 0.2) is 17.1 Å². The van der Waals surface area contributed by atoms with E-state index in [1.807, 2.05) is 39.8 Å². The van der Waals surface area contributed by atoms with Gasteiger partial charge in [-0.25, -0.2) is 0 Å². The number of phenolic OH excluding ortho intramolecular Hbond substituents is 3. The van der Waals surface area contributed by atoms with Crippen molar-refractivity contribution < 1.29 is 29.2 Å². The van der Waals surface area contributed by atoms with Crippen LogP contribution < -0.4 is 10.2 Å². The Kier molecular flexibility index (Phi) is 4.17. The molecule has 32 heavy (non-hydrogen) atoms. The SMILES string of the molecule is CC1(C)C=Cc2c(c(CC3OC3(C)C)c(O)c3c(=O)c(-c4ccc(O)c(O)c4)coc23)O1. The summed E-state index contributed by atoms with van der Waals surface area (Å²) in [4.78, 5) is 13.5. The minimum absolute atomic E-state index is 0.0372. The van der Waals surface area contributed by atoms with Crippen molar-refractivity contribution in [3.63, 3.8) is 0 Å². The van der Waals surface area contributed by atoms with Crippen molar-refractivity contribution in [1.29, 1.82) is 0 Å². The van der Waals surface area contributed by atoms with Crippen molar-refractivity contribution in [2.75, 3.05) is 0 Å². The molecule has 3 N–H and O–H groups in total. The number of epoxide rings is 1. The normalized spacial score (nSPS) is 20.1. The first-order valence-corrected chi connectivity index (χ1v) is 10.4. The molecule has 5 rings (SSSR count). The first kappa shape index (κ1) is 20.5. The molecule has 3 heterocycles. The van der Waals surface area contributed by atoms with Gasteiger partial charge < -0.3 is 29.2 Å². The van der Waals surface area contributed by atoms with Crippen LogP contribution in [0.4, 0.5) is 0 Å². The Morgan fingerprint density at radius 3 is 2.44 bits per heavy atom. The van der Waals surface area contributed by atoms with E-state index in [1.54, 1.807) is 0 Å². The third kappa shape index (κ3) is 3.12. The molecule has 2 aliphatic heterocycles. The van der Waals surface area contributed by atoms with Crippen molar-refractivity contribution in [2.24, 2.45) is 0 Å². The van der Waals surface area contributed by atoms with Crippen LogP contribution in [0.1, 0.15) is 38.8 Å². The molecule has 0 radical (unpaired) electrons. The summed E-state index contributed by atoms with van der Waals surface area (Å²) in [6.45, 7) is 7.75. The third-order valence-corrected chi connectivity index (χ3v) is 6.14. The largest absolute Gasteiger partial charge is 0.507 e. The molecule has 1 aromatic heterocycles. The summed E-state index contributed by atoms with van der Waals surface area (Å²) in [5.41, 5.74) is 0.456. The molecule has 2 aliphatic rings. The van der Waals surface area contributed by atoms with E-state index in [1.165, 1.54) is 24.5 Å². The van der Waals surface area contributed by atoms with Crippen LogP contribution in [-0.4, -0.2) is 32.6 Å². The van der Waals surface area contributed by atoms with Gasteiger partial charge in [0.05, 0.1) is 22.8 Å². The van der Waals surface area contributed by atoms with Gasteiger partial charge in [-0.05, 0) is 57.5 Å². The lowest BCUT2D eigenvalue weighted by molar-refractivity contribution is 0.156. The smallest absolute Gasteiger partial charge is 0.204 e. The predicted molar refractivity (Wildman–Crippen MR) is 119 cm³/mol. The highest BCUT2D eigenvalue weighted by Crippen LogP contribution is 2.48. The maximum atomic E-state index is 13.5. The van der Waals surface area contributed by atoms with Crippen molar-refractivity contribution in [3.8, 4) is 34.1 Å². The summed E-state index contributed by atoms with van der Waals surface area (Å²) >= 11 is 0. The van der Waals surface area contributed by atoms with Crippen LogP contribution in [0.15, 0.2) is 39.7 Å². The van der Waals surface area contributed by atoms with Crippen LogP contribution in [0.3, 0.4) is 0 Å². The number of phenols is 3. The Bertz CT molecular complexity index is 1360. The van der Waals surface area contributed by atoms with Gasteiger partial charge >= 0.3 is 0 Å². The molecule has 1 saturated heterocycles. The van der Waals surface area contributed by atoms with E-state index in [9.17, 15) is 20.1 Å². The molecule has 0 amide bonds. The minimum Gasteiger partial charge on any atom is -0.507 e. The van der Waals surface area contributed by atoms with E-state index < -0.39 is 11.0 Å². The highest BCUT2D eigenvalue weighted by Gasteiger charge is 2.48. The van der Waals surface area contributed by atoms with Crippen LogP contribution >= 0.6 is 0 Å². The van der Waals surface area contributed by atoms with E-state index in [-0.39, 0.29) is 45.5 Å². The van der Waals surface area contributed by atoms with Crippen LogP contribution in [0.2, 0.25) is 0 Å². The van der Waals surface area contributed by atoms with Gasteiger partial charge in [0.1, 0.15) is 28.7 Å². The lowest BCUT2D eigenvalue weighted by Gasteiger charge is -2.30. The molecular formula is C25H24O7. The molecule has 0 aliphatic carbocycles. The highest BCUT2D eigenvalue weighted by atomic mass is 16.6. The molecule has 1 fully saturated rings. The van der Waals surface area contributed by atoms with Gasteiger partial charge in [-0.2, -0.15) is 0 Å². The second kappa shape index (κ2) is 6.53. The summed E-state index contributed by atoms with van der Waals surface area (Å²) < 4.78 is 17.8. The summed E-state index contributed by atoms with van der Waals surface area (Å²) in [5.74, 6) is -0.374. The number of benzene rings is 2. The fourth-order valence-corrected chi connectivity index (χ4v) is 4.14. The molecule has 166 valence electrons. The maximum Gasteiger partial charge on any atom is 0.204 e. The number of rotatable bonds is 3. The lowest BCUT2D eigenvalue weighted by atomic mass is 9.92. The van der Waals surface area contributed by atoms with E-state index in [0.29, 0.717) is 28.9 Å².